The molecule has 0 unspecified atom stereocenters. The molecule has 2 aliphatic rings. The number of methoxy groups -OCH3 is 2. The first-order valence-corrected chi connectivity index (χ1v) is 11.4. The van der Waals surface area contributed by atoms with Gasteiger partial charge in [0.15, 0.2) is 11.5 Å². The molecule has 1 saturated heterocycles. The molecule has 0 aromatic heterocycles. The highest BCUT2D eigenvalue weighted by atomic mass is 16.5. The van der Waals surface area contributed by atoms with Crippen LogP contribution >= 0.6 is 0 Å². The molecule has 1 aliphatic heterocycles. The number of carbonyl (C=O) groups excluding carboxylic acids is 2. The number of piperazine rings is 1. The summed E-state index contributed by atoms with van der Waals surface area (Å²) in [6, 6.07) is 5.34. The van der Waals surface area contributed by atoms with Crippen LogP contribution in [0.1, 0.15) is 62.2 Å². The highest BCUT2D eigenvalue weighted by Gasteiger charge is 2.32. The molecular formula is C24H36N2O4. The van der Waals surface area contributed by atoms with E-state index in [1.807, 2.05) is 9.80 Å². The average molecular weight is 417 g/mol. The lowest BCUT2D eigenvalue weighted by Crippen LogP contribution is -2.52. The fourth-order valence-corrected chi connectivity index (χ4v) is 4.80. The van der Waals surface area contributed by atoms with Crippen molar-refractivity contribution in [2.45, 2.75) is 51.9 Å². The number of amides is 2. The number of nitrogens with zero attached hydrogens (tertiary/aromatic N) is 2. The van der Waals surface area contributed by atoms with Gasteiger partial charge < -0.3 is 19.3 Å². The molecule has 0 spiro atoms. The van der Waals surface area contributed by atoms with Crippen LogP contribution in [-0.2, 0) is 4.79 Å². The van der Waals surface area contributed by atoms with Crippen molar-refractivity contribution in [1.29, 1.82) is 0 Å². The third kappa shape index (κ3) is 5.08. The molecule has 2 fully saturated rings. The van der Waals surface area contributed by atoms with Crippen LogP contribution in [0.5, 0.6) is 11.5 Å². The summed E-state index contributed by atoms with van der Waals surface area (Å²) in [5.41, 5.74) is 0.502. The minimum Gasteiger partial charge on any atom is -0.493 e. The van der Waals surface area contributed by atoms with E-state index >= 15 is 0 Å². The largest absolute Gasteiger partial charge is 0.493 e. The van der Waals surface area contributed by atoms with Crippen molar-refractivity contribution >= 4 is 11.8 Å². The van der Waals surface area contributed by atoms with Gasteiger partial charge in [0.1, 0.15) is 0 Å². The Morgan fingerprint density at radius 1 is 0.967 bits per heavy atom. The smallest absolute Gasteiger partial charge is 0.257 e. The van der Waals surface area contributed by atoms with Crippen LogP contribution in [0.15, 0.2) is 18.2 Å². The number of benzene rings is 1. The summed E-state index contributed by atoms with van der Waals surface area (Å²) in [4.78, 5) is 29.8. The first-order valence-electron chi connectivity index (χ1n) is 11.4. The van der Waals surface area contributed by atoms with E-state index in [9.17, 15) is 9.59 Å². The molecule has 3 rings (SSSR count). The van der Waals surface area contributed by atoms with Crippen molar-refractivity contribution in [1.82, 2.24) is 9.80 Å². The molecule has 0 atom stereocenters. The quantitative estimate of drug-likeness (QED) is 0.674. The van der Waals surface area contributed by atoms with Crippen molar-refractivity contribution in [2.75, 3.05) is 40.4 Å². The molecule has 30 heavy (non-hydrogen) atoms. The Morgan fingerprint density at radius 2 is 1.63 bits per heavy atom. The zero-order chi connectivity index (χ0) is 21.5. The highest BCUT2D eigenvalue weighted by Crippen LogP contribution is 2.34. The Balaban J connectivity index is 1.53. The first kappa shape index (κ1) is 22.4. The van der Waals surface area contributed by atoms with Crippen LogP contribution in [0.25, 0.3) is 0 Å². The summed E-state index contributed by atoms with van der Waals surface area (Å²) >= 11 is 0. The summed E-state index contributed by atoms with van der Waals surface area (Å²) in [7, 11) is 3.11. The van der Waals surface area contributed by atoms with Gasteiger partial charge >= 0.3 is 0 Å². The number of carbonyl (C=O) groups is 2. The minimum atomic E-state index is -0.0747. The number of ether oxygens (including phenoxy) is 2. The SMILES string of the molecule is CCCCC1CCC(C(=O)N2CCN(C(=O)c3cccc(OC)c3OC)CC2)CC1. The zero-order valence-corrected chi connectivity index (χ0v) is 18.7. The molecule has 1 aliphatic carbocycles. The Morgan fingerprint density at radius 3 is 2.23 bits per heavy atom. The summed E-state index contributed by atoms with van der Waals surface area (Å²) in [5, 5.41) is 0. The van der Waals surface area contributed by atoms with Gasteiger partial charge in [-0.25, -0.2) is 0 Å². The van der Waals surface area contributed by atoms with E-state index in [0.717, 1.165) is 18.8 Å². The second-order valence-corrected chi connectivity index (χ2v) is 8.52. The number of para-hydroxylation sites is 1. The predicted octanol–water partition coefficient (Wildman–Crippen LogP) is 3.98. The molecular weight excluding hydrogens is 380 g/mol. The van der Waals surface area contributed by atoms with Crippen LogP contribution in [0.4, 0.5) is 0 Å². The fraction of sp³-hybridized carbons (Fsp3) is 0.667. The Labute approximate surface area is 180 Å². The number of unbranched alkanes of at least 4 members (excludes halogenated alkanes) is 1. The normalized spacial score (nSPS) is 22.0. The lowest BCUT2D eigenvalue weighted by atomic mass is 9.79. The second kappa shape index (κ2) is 10.7. The maximum atomic E-state index is 13.0. The van der Waals surface area contributed by atoms with E-state index in [1.165, 1.54) is 32.1 Å². The van der Waals surface area contributed by atoms with Crippen LogP contribution in [0.2, 0.25) is 0 Å². The van der Waals surface area contributed by atoms with Gasteiger partial charge in [-0.2, -0.15) is 0 Å². The standard InChI is InChI=1S/C24H36N2O4/c1-4-5-7-18-10-12-19(13-11-18)23(27)25-14-16-26(17-15-25)24(28)20-8-6-9-21(29-2)22(20)30-3/h6,8-9,18-19H,4-5,7,10-17H2,1-3H3. The third-order valence-electron chi connectivity index (χ3n) is 6.67. The molecule has 2 amide bonds. The molecule has 1 aromatic carbocycles. The van der Waals surface area contributed by atoms with Gasteiger partial charge in [0.25, 0.3) is 5.91 Å². The van der Waals surface area contributed by atoms with Gasteiger partial charge in [-0.05, 0) is 43.7 Å². The van der Waals surface area contributed by atoms with Gasteiger partial charge in [0.05, 0.1) is 19.8 Å². The van der Waals surface area contributed by atoms with Crippen molar-refractivity contribution in [2.24, 2.45) is 11.8 Å². The average Bonchev–Trinajstić information content (AvgIpc) is 2.81. The van der Waals surface area contributed by atoms with E-state index < -0.39 is 0 Å². The molecule has 6 heteroatoms. The summed E-state index contributed by atoms with van der Waals surface area (Å²) in [6.07, 6.45) is 8.28. The summed E-state index contributed by atoms with van der Waals surface area (Å²) in [6.45, 7) is 4.55. The zero-order valence-electron chi connectivity index (χ0n) is 18.7. The van der Waals surface area contributed by atoms with Gasteiger partial charge in [-0.1, -0.05) is 32.3 Å². The Kier molecular flexibility index (Phi) is 8.00. The van der Waals surface area contributed by atoms with Gasteiger partial charge in [-0.15, -0.1) is 0 Å². The third-order valence-corrected chi connectivity index (χ3v) is 6.67. The fourth-order valence-electron chi connectivity index (χ4n) is 4.80. The van der Waals surface area contributed by atoms with E-state index in [-0.39, 0.29) is 17.7 Å². The lowest BCUT2D eigenvalue weighted by Gasteiger charge is -2.38. The van der Waals surface area contributed by atoms with E-state index in [1.54, 1.807) is 32.4 Å². The molecule has 0 bridgehead atoms. The van der Waals surface area contributed by atoms with Gasteiger partial charge in [-0.3, -0.25) is 9.59 Å². The van der Waals surface area contributed by atoms with E-state index in [0.29, 0.717) is 43.2 Å². The van der Waals surface area contributed by atoms with Crippen molar-refractivity contribution in [3.05, 3.63) is 23.8 Å². The maximum absolute atomic E-state index is 13.0. The molecule has 166 valence electrons. The van der Waals surface area contributed by atoms with Crippen LogP contribution < -0.4 is 9.47 Å². The maximum Gasteiger partial charge on any atom is 0.257 e. The van der Waals surface area contributed by atoms with E-state index in [4.69, 9.17) is 9.47 Å². The van der Waals surface area contributed by atoms with Gasteiger partial charge in [0.2, 0.25) is 5.91 Å². The lowest BCUT2D eigenvalue weighted by molar-refractivity contribution is -0.138. The highest BCUT2D eigenvalue weighted by molar-refractivity contribution is 5.98. The van der Waals surface area contributed by atoms with Crippen LogP contribution in [-0.4, -0.2) is 62.0 Å². The summed E-state index contributed by atoms with van der Waals surface area (Å²) < 4.78 is 10.7. The minimum absolute atomic E-state index is 0.0747. The van der Waals surface area contributed by atoms with Crippen molar-refractivity contribution in [3.8, 4) is 11.5 Å². The first-order chi connectivity index (χ1) is 14.6. The summed E-state index contributed by atoms with van der Waals surface area (Å²) in [5.74, 6) is 2.20. The molecule has 6 nitrogen and oxygen atoms in total. The molecule has 1 saturated carbocycles. The monoisotopic (exact) mass is 416 g/mol. The predicted molar refractivity (Wildman–Crippen MR) is 117 cm³/mol. The Hall–Kier alpha value is -2.24. The van der Waals surface area contributed by atoms with Gasteiger partial charge in [0, 0.05) is 32.1 Å². The number of hydrogen-bond acceptors (Lipinski definition) is 4. The molecule has 0 N–H and O–H groups in total. The van der Waals surface area contributed by atoms with Crippen molar-refractivity contribution < 1.29 is 19.1 Å². The molecule has 0 radical (unpaired) electrons. The Bertz CT molecular complexity index is 720. The van der Waals surface area contributed by atoms with Crippen LogP contribution in [0.3, 0.4) is 0 Å². The second-order valence-electron chi connectivity index (χ2n) is 8.52. The van der Waals surface area contributed by atoms with E-state index in [2.05, 4.69) is 6.92 Å². The number of hydrogen-bond donors (Lipinski definition) is 0. The number of rotatable bonds is 7. The molecule has 1 aromatic rings. The topological polar surface area (TPSA) is 59.1 Å². The molecule has 1 heterocycles. The van der Waals surface area contributed by atoms with Crippen LogP contribution in [0, 0.1) is 11.8 Å². The van der Waals surface area contributed by atoms with Crippen molar-refractivity contribution in [3.63, 3.8) is 0 Å².